The van der Waals surface area contributed by atoms with Gasteiger partial charge in [0.25, 0.3) is 5.91 Å². The van der Waals surface area contributed by atoms with Crippen molar-refractivity contribution in [3.05, 3.63) is 58.6 Å². The van der Waals surface area contributed by atoms with Gasteiger partial charge < -0.3 is 15.0 Å². The molecule has 2 aromatic carbocycles. The summed E-state index contributed by atoms with van der Waals surface area (Å²) in [6.45, 7) is 0. The molecule has 0 radical (unpaired) electrons. The van der Waals surface area contributed by atoms with Crippen LogP contribution in [0.4, 0.5) is 10.5 Å². The molecule has 0 bridgehead atoms. The van der Waals surface area contributed by atoms with Crippen molar-refractivity contribution in [2.24, 2.45) is 0 Å². The summed E-state index contributed by atoms with van der Waals surface area (Å²) in [6, 6.07) is 10.4. The second-order valence-electron chi connectivity index (χ2n) is 6.58. The highest BCUT2D eigenvalue weighted by Gasteiger charge is 2.40. The molecule has 0 aliphatic carbocycles. The Balaban J connectivity index is 1.80. The van der Waals surface area contributed by atoms with Crippen LogP contribution in [0.3, 0.4) is 0 Å². The van der Waals surface area contributed by atoms with Crippen molar-refractivity contribution in [1.29, 1.82) is 0 Å². The zero-order valence-corrected chi connectivity index (χ0v) is 16.5. The van der Waals surface area contributed by atoms with E-state index in [4.69, 9.17) is 16.3 Å². The van der Waals surface area contributed by atoms with Crippen LogP contribution >= 0.6 is 11.6 Å². The average molecular weight is 402 g/mol. The molecule has 1 fully saturated rings. The van der Waals surface area contributed by atoms with E-state index in [2.05, 4.69) is 5.32 Å². The molecule has 8 heteroatoms. The minimum Gasteiger partial charge on any atom is -0.495 e. The van der Waals surface area contributed by atoms with Crippen LogP contribution in [0.25, 0.3) is 0 Å². The highest BCUT2D eigenvalue weighted by atomic mass is 35.5. The SMILES string of the molecule is COc1ccc(C2NC(=O)N(c3ccc(CC(=O)N(C)C)cc3)C2=O)cc1Cl. The van der Waals surface area contributed by atoms with Gasteiger partial charge in [0.15, 0.2) is 0 Å². The molecule has 7 nitrogen and oxygen atoms in total. The monoisotopic (exact) mass is 401 g/mol. The van der Waals surface area contributed by atoms with Gasteiger partial charge in [0.1, 0.15) is 11.8 Å². The lowest BCUT2D eigenvalue weighted by molar-refractivity contribution is -0.128. The van der Waals surface area contributed by atoms with Gasteiger partial charge in [-0.05, 0) is 35.4 Å². The third-order valence-corrected chi connectivity index (χ3v) is 4.79. The molecule has 1 aliphatic heterocycles. The van der Waals surface area contributed by atoms with E-state index >= 15 is 0 Å². The lowest BCUT2D eigenvalue weighted by atomic mass is 10.1. The van der Waals surface area contributed by atoms with Crippen molar-refractivity contribution in [3.8, 4) is 5.75 Å². The lowest BCUT2D eigenvalue weighted by Gasteiger charge is -2.15. The summed E-state index contributed by atoms with van der Waals surface area (Å²) in [5.41, 5.74) is 1.80. The van der Waals surface area contributed by atoms with Crippen LogP contribution in [-0.4, -0.2) is 44.0 Å². The quantitative estimate of drug-likeness (QED) is 0.781. The van der Waals surface area contributed by atoms with Gasteiger partial charge in [-0.3, -0.25) is 9.59 Å². The maximum atomic E-state index is 12.8. The Labute approximate surface area is 167 Å². The largest absolute Gasteiger partial charge is 0.495 e. The van der Waals surface area contributed by atoms with Crippen molar-refractivity contribution < 1.29 is 19.1 Å². The first-order valence-electron chi connectivity index (χ1n) is 8.59. The molecular formula is C20H20ClN3O4. The molecule has 146 valence electrons. The third-order valence-electron chi connectivity index (χ3n) is 4.50. The van der Waals surface area contributed by atoms with Gasteiger partial charge in [-0.25, -0.2) is 9.69 Å². The molecule has 1 aliphatic rings. The molecule has 3 rings (SSSR count). The van der Waals surface area contributed by atoms with E-state index in [1.165, 1.54) is 12.0 Å². The minimum absolute atomic E-state index is 0.0285. The molecular weight excluding hydrogens is 382 g/mol. The molecule has 1 unspecified atom stereocenters. The molecule has 0 spiro atoms. The minimum atomic E-state index is -0.828. The van der Waals surface area contributed by atoms with Crippen LogP contribution in [0.1, 0.15) is 17.2 Å². The number of hydrogen-bond acceptors (Lipinski definition) is 4. The van der Waals surface area contributed by atoms with Crippen LogP contribution in [0.15, 0.2) is 42.5 Å². The van der Waals surface area contributed by atoms with Crippen LogP contribution in [0.2, 0.25) is 5.02 Å². The zero-order valence-electron chi connectivity index (χ0n) is 15.7. The van der Waals surface area contributed by atoms with Gasteiger partial charge in [-0.15, -0.1) is 0 Å². The molecule has 1 atom stereocenters. The fourth-order valence-corrected chi connectivity index (χ4v) is 3.17. The number of imide groups is 1. The highest BCUT2D eigenvalue weighted by Crippen LogP contribution is 2.32. The van der Waals surface area contributed by atoms with Crippen LogP contribution in [0, 0.1) is 0 Å². The van der Waals surface area contributed by atoms with Gasteiger partial charge >= 0.3 is 6.03 Å². The number of benzene rings is 2. The summed E-state index contributed by atoms with van der Waals surface area (Å²) in [5, 5.41) is 3.03. The summed E-state index contributed by atoms with van der Waals surface area (Å²) >= 11 is 6.13. The number of nitrogens with zero attached hydrogens (tertiary/aromatic N) is 2. The van der Waals surface area contributed by atoms with Gasteiger partial charge in [0, 0.05) is 14.1 Å². The first kappa shape index (κ1) is 19.7. The van der Waals surface area contributed by atoms with E-state index in [1.807, 2.05) is 0 Å². The third kappa shape index (κ3) is 3.80. The normalized spacial score (nSPS) is 16.1. The summed E-state index contributed by atoms with van der Waals surface area (Å²) in [5.74, 6) is 0.0597. The van der Waals surface area contributed by atoms with Crippen LogP contribution in [0.5, 0.6) is 5.75 Å². The molecule has 1 N–H and O–H groups in total. The number of likely N-dealkylation sites (N-methyl/N-ethyl adjacent to an activating group) is 1. The van der Waals surface area contributed by atoms with Crippen molar-refractivity contribution in [3.63, 3.8) is 0 Å². The standard InChI is InChI=1S/C20H20ClN3O4/c1-23(2)17(25)10-12-4-7-14(8-5-12)24-19(26)18(22-20(24)27)13-6-9-16(28-3)15(21)11-13/h4-9,11,18H,10H2,1-3H3,(H,22,27). The van der Waals surface area contributed by atoms with Crippen molar-refractivity contribution in [1.82, 2.24) is 10.2 Å². The number of carbonyl (C=O) groups is 3. The number of urea groups is 1. The number of methoxy groups -OCH3 is 1. The van der Waals surface area contributed by atoms with E-state index in [-0.39, 0.29) is 12.3 Å². The molecule has 2 aromatic rings. The number of halogens is 1. The summed E-state index contributed by atoms with van der Waals surface area (Å²) in [4.78, 5) is 39.6. The predicted molar refractivity (Wildman–Crippen MR) is 106 cm³/mol. The van der Waals surface area contributed by atoms with E-state index < -0.39 is 18.0 Å². The Bertz CT molecular complexity index is 928. The first-order valence-corrected chi connectivity index (χ1v) is 8.96. The van der Waals surface area contributed by atoms with Crippen LogP contribution < -0.4 is 15.0 Å². The fraction of sp³-hybridized carbons (Fsp3) is 0.250. The number of amides is 4. The Hall–Kier alpha value is -3.06. The van der Waals surface area contributed by atoms with E-state index in [1.54, 1.807) is 56.6 Å². The topological polar surface area (TPSA) is 79.0 Å². The second-order valence-corrected chi connectivity index (χ2v) is 6.99. The van der Waals surface area contributed by atoms with E-state index in [0.717, 1.165) is 10.5 Å². The highest BCUT2D eigenvalue weighted by molar-refractivity contribution is 6.32. The van der Waals surface area contributed by atoms with E-state index in [9.17, 15) is 14.4 Å². The number of ether oxygens (including phenoxy) is 1. The van der Waals surface area contributed by atoms with E-state index in [0.29, 0.717) is 22.0 Å². The Morgan fingerprint density at radius 3 is 2.43 bits per heavy atom. The van der Waals surface area contributed by atoms with Gasteiger partial charge in [0.2, 0.25) is 5.91 Å². The molecule has 28 heavy (non-hydrogen) atoms. The Kier molecular flexibility index (Phi) is 5.56. The number of hydrogen-bond donors (Lipinski definition) is 1. The Morgan fingerprint density at radius 1 is 1.18 bits per heavy atom. The number of rotatable bonds is 5. The van der Waals surface area contributed by atoms with Gasteiger partial charge in [0.05, 0.1) is 24.2 Å². The maximum Gasteiger partial charge on any atom is 0.329 e. The van der Waals surface area contributed by atoms with Crippen molar-refractivity contribution >= 4 is 35.1 Å². The number of nitrogens with one attached hydrogen (secondary N) is 1. The molecule has 0 aromatic heterocycles. The molecule has 4 amide bonds. The molecule has 0 saturated carbocycles. The average Bonchev–Trinajstić information content (AvgIpc) is 2.96. The summed E-state index contributed by atoms with van der Waals surface area (Å²) in [6.07, 6.45) is 0.250. The van der Waals surface area contributed by atoms with Crippen LogP contribution in [-0.2, 0) is 16.0 Å². The predicted octanol–water partition coefficient (Wildman–Crippen LogP) is 2.78. The molecule has 1 heterocycles. The zero-order chi connectivity index (χ0) is 20.4. The summed E-state index contributed by atoms with van der Waals surface area (Å²) in [7, 11) is 4.88. The van der Waals surface area contributed by atoms with Gasteiger partial charge in [-0.2, -0.15) is 0 Å². The van der Waals surface area contributed by atoms with Crippen molar-refractivity contribution in [2.75, 3.05) is 26.1 Å². The molecule has 1 saturated heterocycles. The first-order chi connectivity index (χ1) is 13.3. The number of carbonyl (C=O) groups excluding carboxylic acids is 3. The summed E-state index contributed by atoms with van der Waals surface area (Å²) < 4.78 is 5.11. The smallest absolute Gasteiger partial charge is 0.329 e. The fourth-order valence-electron chi connectivity index (χ4n) is 2.91. The van der Waals surface area contributed by atoms with Crippen molar-refractivity contribution in [2.45, 2.75) is 12.5 Å². The van der Waals surface area contributed by atoms with Gasteiger partial charge in [-0.1, -0.05) is 29.8 Å². The Morgan fingerprint density at radius 2 is 1.86 bits per heavy atom. The number of anilines is 1. The second kappa shape index (κ2) is 7.90. The maximum absolute atomic E-state index is 12.8. The lowest BCUT2D eigenvalue weighted by Crippen LogP contribution is -2.30.